The molecule has 0 spiro atoms. The van der Waals surface area contributed by atoms with Gasteiger partial charge in [0.25, 0.3) is 0 Å². The zero-order valence-corrected chi connectivity index (χ0v) is 12.2. The fourth-order valence-corrected chi connectivity index (χ4v) is 1.97. The first-order valence-corrected chi connectivity index (χ1v) is 6.73. The molecule has 2 aromatic carbocycles. The Hall–Kier alpha value is -2.44. The van der Waals surface area contributed by atoms with Gasteiger partial charge in [-0.25, -0.2) is 0 Å². The first-order chi connectivity index (χ1) is 11.1. The van der Waals surface area contributed by atoms with Gasteiger partial charge in [0.05, 0.1) is 11.1 Å². The SMILES string of the molecule is C=Cc1ccc(OCc2cc(C(F)(F)F)cc(C(F)(F)F)c2)cc1. The van der Waals surface area contributed by atoms with E-state index < -0.39 is 30.1 Å². The van der Waals surface area contributed by atoms with Crippen molar-refractivity contribution in [3.05, 3.63) is 71.3 Å². The lowest BCUT2D eigenvalue weighted by Gasteiger charge is -2.14. The Morgan fingerprint density at radius 3 is 1.75 bits per heavy atom. The van der Waals surface area contributed by atoms with Gasteiger partial charge in [-0.1, -0.05) is 24.8 Å². The van der Waals surface area contributed by atoms with Gasteiger partial charge >= 0.3 is 12.4 Å². The quantitative estimate of drug-likeness (QED) is 0.622. The van der Waals surface area contributed by atoms with Gasteiger partial charge in [0.2, 0.25) is 0 Å². The second-order valence-corrected chi connectivity index (χ2v) is 4.98. The summed E-state index contributed by atoms with van der Waals surface area (Å²) in [4.78, 5) is 0. The van der Waals surface area contributed by atoms with E-state index in [9.17, 15) is 26.3 Å². The molecule has 24 heavy (non-hydrogen) atoms. The summed E-state index contributed by atoms with van der Waals surface area (Å²) >= 11 is 0. The van der Waals surface area contributed by atoms with Crippen molar-refractivity contribution in [2.24, 2.45) is 0 Å². The van der Waals surface area contributed by atoms with Crippen LogP contribution < -0.4 is 4.74 Å². The average molecular weight is 346 g/mol. The number of halogens is 6. The third-order valence-electron chi connectivity index (χ3n) is 3.17. The predicted octanol–water partition coefficient (Wildman–Crippen LogP) is 5.95. The van der Waals surface area contributed by atoms with Crippen molar-refractivity contribution in [2.75, 3.05) is 0 Å². The van der Waals surface area contributed by atoms with Crippen molar-refractivity contribution in [1.29, 1.82) is 0 Å². The van der Waals surface area contributed by atoms with Crippen LogP contribution in [0.25, 0.3) is 6.08 Å². The van der Waals surface area contributed by atoms with Gasteiger partial charge in [0.15, 0.2) is 0 Å². The molecule has 0 saturated heterocycles. The van der Waals surface area contributed by atoms with E-state index in [1.54, 1.807) is 30.3 Å². The van der Waals surface area contributed by atoms with E-state index in [0.717, 1.165) is 5.56 Å². The molecule has 0 aliphatic carbocycles. The largest absolute Gasteiger partial charge is 0.489 e. The lowest BCUT2D eigenvalue weighted by molar-refractivity contribution is -0.143. The molecular formula is C17H12F6O. The first kappa shape index (κ1) is 17.9. The Labute approximate surface area is 134 Å². The Kier molecular flexibility index (Phi) is 4.91. The zero-order valence-electron chi connectivity index (χ0n) is 12.2. The molecule has 0 aromatic heterocycles. The fraction of sp³-hybridized carbons (Fsp3) is 0.176. The van der Waals surface area contributed by atoms with Crippen LogP contribution >= 0.6 is 0 Å². The summed E-state index contributed by atoms with van der Waals surface area (Å²) in [7, 11) is 0. The van der Waals surface area contributed by atoms with E-state index in [4.69, 9.17) is 4.74 Å². The van der Waals surface area contributed by atoms with Crippen molar-refractivity contribution in [3.63, 3.8) is 0 Å². The van der Waals surface area contributed by atoms with E-state index in [1.807, 2.05) is 0 Å². The van der Waals surface area contributed by atoms with Crippen LogP contribution in [0.2, 0.25) is 0 Å². The second kappa shape index (κ2) is 6.59. The minimum Gasteiger partial charge on any atom is -0.489 e. The molecule has 2 aromatic rings. The van der Waals surface area contributed by atoms with Gasteiger partial charge in [0.1, 0.15) is 12.4 Å². The molecular weight excluding hydrogens is 334 g/mol. The maximum atomic E-state index is 12.8. The monoisotopic (exact) mass is 346 g/mol. The Balaban J connectivity index is 2.26. The first-order valence-electron chi connectivity index (χ1n) is 6.73. The minimum atomic E-state index is -4.87. The van der Waals surface area contributed by atoms with Crippen molar-refractivity contribution >= 4 is 6.08 Å². The highest BCUT2D eigenvalue weighted by Gasteiger charge is 2.36. The Morgan fingerprint density at radius 1 is 0.833 bits per heavy atom. The number of rotatable bonds is 4. The van der Waals surface area contributed by atoms with Crippen molar-refractivity contribution in [3.8, 4) is 5.75 Å². The zero-order chi connectivity index (χ0) is 18.0. The standard InChI is InChI=1S/C17H12F6O/c1-2-11-3-5-15(6-4-11)24-10-12-7-13(16(18,19)20)9-14(8-12)17(21,22)23/h2-9H,1,10H2. The Bertz CT molecular complexity index is 681. The molecule has 0 aliphatic heterocycles. The molecule has 0 aliphatic rings. The van der Waals surface area contributed by atoms with E-state index in [0.29, 0.717) is 17.9 Å². The summed E-state index contributed by atoms with van der Waals surface area (Å²) in [5.74, 6) is 0.326. The van der Waals surface area contributed by atoms with Crippen LogP contribution in [0.5, 0.6) is 5.75 Å². The summed E-state index contributed by atoms with van der Waals surface area (Å²) < 4.78 is 81.8. The molecule has 0 saturated carbocycles. The van der Waals surface area contributed by atoms with Crippen LogP contribution in [0, 0.1) is 0 Å². The van der Waals surface area contributed by atoms with E-state index >= 15 is 0 Å². The maximum absolute atomic E-state index is 12.8. The van der Waals surface area contributed by atoms with E-state index in [2.05, 4.69) is 6.58 Å². The molecule has 0 fully saturated rings. The van der Waals surface area contributed by atoms with Crippen LogP contribution in [0.1, 0.15) is 22.3 Å². The second-order valence-electron chi connectivity index (χ2n) is 4.98. The molecule has 0 atom stereocenters. The summed E-state index contributed by atoms with van der Waals surface area (Å²) in [6, 6.07) is 7.80. The summed E-state index contributed by atoms with van der Waals surface area (Å²) in [5, 5.41) is 0. The molecule has 0 unspecified atom stereocenters. The van der Waals surface area contributed by atoms with Gasteiger partial charge in [0, 0.05) is 0 Å². The fourth-order valence-electron chi connectivity index (χ4n) is 1.97. The van der Waals surface area contributed by atoms with E-state index in [1.165, 1.54) is 0 Å². The van der Waals surface area contributed by atoms with Gasteiger partial charge in [-0.2, -0.15) is 26.3 Å². The third kappa shape index (κ3) is 4.53. The van der Waals surface area contributed by atoms with Crippen molar-refractivity contribution < 1.29 is 31.1 Å². The molecule has 0 heterocycles. The molecule has 7 heteroatoms. The van der Waals surface area contributed by atoms with Crippen LogP contribution in [-0.2, 0) is 19.0 Å². The molecule has 0 N–H and O–H groups in total. The predicted molar refractivity (Wildman–Crippen MR) is 77.3 cm³/mol. The van der Waals surface area contributed by atoms with Gasteiger partial charge in [-0.3, -0.25) is 0 Å². The van der Waals surface area contributed by atoms with Gasteiger partial charge in [-0.15, -0.1) is 0 Å². The number of alkyl halides is 6. The van der Waals surface area contributed by atoms with Gasteiger partial charge in [-0.05, 0) is 41.5 Å². The van der Waals surface area contributed by atoms with Crippen LogP contribution in [-0.4, -0.2) is 0 Å². The summed E-state index contributed by atoms with van der Waals surface area (Å²) in [6.45, 7) is 3.15. The number of hydrogen-bond acceptors (Lipinski definition) is 1. The van der Waals surface area contributed by atoms with Crippen molar-refractivity contribution in [1.82, 2.24) is 0 Å². The average Bonchev–Trinajstić information content (AvgIpc) is 2.51. The van der Waals surface area contributed by atoms with Crippen LogP contribution in [0.4, 0.5) is 26.3 Å². The number of benzene rings is 2. The highest BCUT2D eigenvalue weighted by atomic mass is 19.4. The topological polar surface area (TPSA) is 9.23 Å². The number of hydrogen-bond donors (Lipinski definition) is 0. The summed E-state index contributed by atoms with van der Waals surface area (Å²) in [5.41, 5.74) is -2.14. The minimum absolute atomic E-state index is 0.0857. The van der Waals surface area contributed by atoms with E-state index in [-0.39, 0.29) is 11.6 Å². The van der Waals surface area contributed by atoms with Crippen LogP contribution in [0.3, 0.4) is 0 Å². The third-order valence-corrected chi connectivity index (χ3v) is 3.17. The maximum Gasteiger partial charge on any atom is 0.416 e. The lowest BCUT2D eigenvalue weighted by Crippen LogP contribution is -2.12. The summed E-state index contributed by atoms with van der Waals surface area (Å²) in [6.07, 6.45) is -8.16. The van der Waals surface area contributed by atoms with Crippen molar-refractivity contribution in [2.45, 2.75) is 19.0 Å². The highest BCUT2D eigenvalue weighted by Crippen LogP contribution is 2.36. The molecule has 2 rings (SSSR count). The highest BCUT2D eigenvalue weighted by molar-refractivity contribution is 5.48. The van der Waals surface area contributed by atoms with Crippen LogP contribution in [0.15, 0.2) is 49.0 Å². The normalized spacial score (nSPS) is 12.1. The Morgan fingerprint density at radius 2 is 1.33 bits per heavy atom. The molecule has 0 bridgehead atoms. The molecule has 0 amide bonds. The van der Waals surface area contributed by atoms with Gasteiger partial charge < -0.3 is 4.74 Å². The molecule has 0 radical (unpaired) electrons. The number of ether oxygens (including phenoxy) is 1. The molecule has 1 nitrogen and oxygen atoms in total. The lowest BCUT2D eigenvalue weighted by atomic mass is 10.1. The molecule has 128 valence electrons. The smallest absolute Gasteiger partial charge is 0.416 e.